The van der Waals surface area contributed by atoms with Crippen LogP contribution in [-0.2, 0) is 20.3 Å². The minimum atomic E-state index is -1.67. The lowest BCUT2D eigenvalue weighted by molar-refractivity contribution is -0.142. The molecule has 2 aromatic rings. The van der Waals surface area contributed by atoms with E-state index >= 15 is 0 Å². The molecule has 1 aromatic heterocycles. The van der Waals surface area contributed by atoms with Crippen LogP contribution in [0.25, 0.3) is 5.69 Å². The molecule has 130 valence electrons. The van der Waals surface area contributed by atoms with Crippen molar-refractivity contribution in [3.8, 4) is 17.4 Å². The molecule has 0 aliphatic rings. The van der Waals surface area contributed by atoms with Gasteiger partial charge in [0.15, 0.2) is 11.1 Å². The number of nitrogens with zero attached hydrogens (tertiary/aromatic N) is 1. The number of benzene rings is 1. The topological polar surface area (TPSA) is 88.8 Å². The van der Waals surface area contributed by atoms with Gasteiger partial charge in [-0.2, -0.15) is 0 Å². The molecular formula is C15H15Cl2NO5S. The molecule has 0 spiro atoms. The van der Waals surface area contributed by atoms with Crippen molar-refractivity contribution in [1.29, 1.82) is 0 Å². The van der Waals surface area contributed by atoms with Crippen LogP contribution in [-0.4, -0.2) is 37.8 Å². The third-order valence-corrected chi connectivity index (χ3v) is 4.75. The van der Waals surface area contributed by atoms with Crippen LogP contribution in [0.2, 0.25) is 10.0 Å². The number of aromatic hydroxyl groups is 2. The molecule has 2 N–H and O–H groups in total. The molecule has 0 amide bonds. The molecule has 0 saturated carbocycles. The van der Waals surface area contributed by atoms with Gasteiger partial charge in [0.25, 0.3) is 0 Å². The van der Waals surface area contributed by atoms with E-state index in [2.05, 4.69) is 0 Å². The normalized spacial score (nSPS) is 13.5. The van der Waals surface area contributed by atoms with Gasteiger partial charge in [0, 0.05) is 38.7 Å². The van der Waals surface area contributed by atoms with Gasteiger partial charge in [0.1, 0.15) is 0 Å². The summed E-state index contributed by atoms with van der Waals surface area (Å²) in [6.45, 7) is 1.72. The first-order chi connectivity index (χ1) is 11.3. The van der Waals surface area contributed by atoms with Gasteiger partial charge in [-0.05, 0) is 25.1 Å². The zero-order valence-corrected chi connectivity index (χ0v) is 15.2. The summed E-state index contributed by atoms with van der Waals surface area (Å²) in [6, 6.07) is 5.60. The van der Waals surface area contributed by atoms with Crippen molar-refractivity contribution >= 4 is 40.0 Å². The van der Waals surface area contributed by atoms with Crippen LogP contribution in [0.4, 0.5) is 0 Å². The fraction of sp³-hybridized carbons (Fsp3) is 0.267. The number of hydrogen-bond donors (Lipinski definition) is 2. The minimum Gasteiger partial charge on any atom is -0.494 e. The summed E-state index contributed by atoms with van der Waals surface area (Å²) in [4.78, 5) is 12.0. The van der Waals surface area contributed by atoms with Gasteiger partial charge in [-0.1, -0.05) is 23.2 Å². The summed E-state index contributed by atoms with van der Waals surface area (Å²) < 4.78 is 17.9. The molecule has 0 fully saturated rings. The van der Waals surface area contributed by atoms with Crippen LogP contribution in [0.3, 0.4) is 0 Å². The Kier molecular flexibility index (Phi) is 5.79. The second-order valence-electron chi connectivity index (χ2n) is 4.88. The SMILES string of the molecule is CCOC(=O)C(c1cc(O)n(-c2cc(Cl)cc(Cl)c2)c1O)S(C)=O. The number of ether oxygens (including phenoxy) is 1. The fourth-order valence-electron chi connectivity index (χ4n) is 2.28. The lowest BCUT2D eigenvalue weighted by Gasteiger charge is -2.13. The molecule has 1 aromatic carbocycles. The molecule has 1 heterocycles. The van der Waals surface area contributed by atoms with Crippen LogP contribution in [0.5, 0.6) is 11.8 Å². The summed E-state index contributed by atoms with van der Waals surface area (Å²) >= 11 is 11.9. The number of hydrogen-bond acceptors (Lipinski definition) is 5. The van der Waals surface area contributed by atoms with Crippen molar-refractivity contribution in [2.45, 2.75) is 12.2 Å². The van der Waals surface area contributed by atoms with Crippen LogP contribution in [0.1, 0.15) is 17.7 Å². The molecule has 0 aliphatic heterocycles. The molecule has 0 radical (unpaired) electrons. The molecule has 0 saturated heterocycles. The molecule has 2 unspecified atom stereocenters. The van der Waals surface area contributed by atoms with Gasteiger partial charge in [0.2, 0.25) is 5.88 Å². The van der Waals surface area contributed by atoms with E-state index in [9.17, 15) is 19.2 Å². The van der Waals surface area contributed by atoms with Crippen molar-refractivity contribution in [3.63, 3.8) is 0 Å². The van der Waals surface area contributed by atoms with Gasteiger partial charge in [0.05, 0.1) is 12.3 Å². The van der Waals surface area contributed by atoms with E-state index in [1.54, 1.807) is 6.92 Å². The highest BCUT2D eigenvalue weighted by Crippen LogP contribution is 2.38. The van der Waals surface area contributed by atoms with Gasteiger partial charge in [-0.25, -0.2) is 0 Å². The van der Waals surface area contributed by atoms with Crippen LogP contribution >= 0.6 is 23.2 Å². The van der Waals surface area contributed by atoms with Gasteiger partial charge in [-0.15, -0.1) is 0 Å². The molecule has 2 rings (SSSR count). The van der Waals surface area contributed by atoms with Gasteiger partial charge in [-0.3, -0.25) is 13.6 Å². The van der Waals surface area contributed by atoms with E-state index in [0.717, 1.165) is 10.6 Å². The highest BCUT2D eigenvalue weighted by molar-refractivity contribution is 7.85. The Morgan fingerprint density at radius 3 is 2.33 bits per heavy atom. The van der Waals surface area contributed by atoms with Crippen molar-refractivity contribution in [2.75, 3.05) is 12.9 Å². The third-order valence-electron chi connectivity index (χ3n) is 3.20. The Morgan fingerprint density at radius 2 is 1.83 bits per heavy atom. The molecular weight excluding hydrogens is 377 g/mol. The monoisotopic (exact) mass is 391 g/mol. The number of carbonyl (C=O) groups is 1. The Hall–Kier alpha value is -1.70. The van der Waals surface area contributed by atoms with Crippen molar-refractivity contribution in [2.24, 2.45) is 0 Å². The van der Waals surface area contributed by atoms with Crippen LogP contribution < -0.4 is 0 Å². The summed E-state index contributed by atoms with van der Waals surface area (Å²) in [5.41, 5.74) is 0.279. The second-order valence-corrected chi connectivity index (χ2v) is 7.22. The van der Waals surface area contributed by atoms with Crippen LogP contribution in [0.15, 0.2) is 24.3 Å². The lowest BCUT2D eigenvalue weighted by Crippen LogP contribution is -2.19. The summed E-state index contributed by atoms with van der Waals surface area (Å²) in [6.07, 6.45) is 1.31. The highest BCUT2D eigenvalue weighted by atomic mass is 35.5. The largest absolute Gasteiger partial charge is 0.494 e. The summed E-state index contributed by atoms with van der Waals surface area (Å²) in [7, 11) is -1.67. The highest BCUT2D eigenvalue weighted by Gasteiger charge is 2.32. The Balaban J connectivity index is 2.59. The summed E-state index contributed by atoms with van der Waals surface area (Å²) in [5, 5.41) is 20.0. The van der Waals surface area contributed by atoms with E-state index in [4.69, 9.17) is 27.9 Å². The number of halogens is 2. The Bertz CT molecular complexity index is 785. The molecule has 0 aliphatic carbocycles. The van der Waals surface area contributed by atoms with Crippen molar-refractivity contribution in [3.05, 3.63) is 39.9 Å². The summed E-state index contributed by atoms with van der Waals surface area (Å²) in [5.74, 6) is -1.56. The third kappa shape index (κ3) is 3.68. The maximum atomic E-state index is 12.0. The first-order valence-corrected chi connectivity index (χ1v) is 9.22. The average Bonchev–Trinajstić information content (AvgIpc) is 2.73. The Labute approximate surface area is 151 Å². The number of rotatable bonds is 5. The quantitative estimate of drug-likeness (QED) is 0.763. The molecule has 2 atom stereocenters. The first kappa shape index (κ1) is 18.6. The van der Waals surface area contributed by atoms with Gasteiger partial charge < -0.3 is 14.9 Å². The standard InChI is InChI=1S/C15H15Cl2NO5S/c1-3-23-15(21)13(24(2)22)11-7-12(19)18(14(11)20)10-5-8(16)4-9(17)6-10/h4-7,13,19-20H,3H2,1-2H3. The number of carbonyl (C=O) groups excluding carboxylic acids is 1. The predicted octanol–water partition coefficient (Wildman–Crippen LogP) is 3.18. The molecule has 6 nitrogen and oxygen atoms in total. The predicted molar refractivity (Wildman–Crippen MR) is 92.6 cm³/mol. The van der Waals surface area contributed by atoms with E-state index < -0.39 is 27.9 Å². The number of esters is 1. The maximum absolute atomic E-state index is 12.0. The second kappa shape index (κ2) is 7.46. The lowest BCUT2D eigenvalue weighted by atomic mass is 10.2. The van der Waals surface area contributed by atoms with Crippen molar-refractivity contribution in [1.82, 2.24) is 4.57 Å². The van der Waals surface area contributed by atoms with Crippen molar-refractivity contribution < 1.29 is 24.0 Å². The average molecular weight is 392 g/mol. The molecule has 24 heavy (non-hydrogen) atoms. The minimum absolute atomic E-state index is 0.0112. The smallest absolute Gasteiger partial charge is 0.326 e. The Morgan fingerprint density at radius 1 is 1.25 bits per heavy atom. The van der Waals surface area contributed by atoms with E-state index in [1.165, 1.54) is 24.5 Å². The zero-order valence-electron chi connectivity index (χ0n) is 12.8. The zero-order chi connectivity index (χ0) is 18.0. The van der Waals surface area contributed by atoms with E-state index in [1.807, 2.05) is 0 Å². The van der Waals surface area contributed by atoms with E-state index in [0.29, 0.717) is 15.7 Å². The van der Waals surface area contributed by atoms with E-state index in [-0.39, 0.29) is 18.1 Å². The molecule has 9 heteroatoms. The first-order valence-electron chi connectivity index (χ1n) is 6.85. The maximum Gasteiger partial charge on any atom is 0.326 e. The number of aromatic nitrogens is 1. The van der Waals surface area contributed by atoms with Gasteiger partial charge >= 0.3 is 5.97 Å². The van der Waals surface area contributed by atoms with Crippen LogP contribution in [0, 0.1) is 0 Å². The molecule has 0 bridgehead atoms. The fourth-order valence-corrected chi connectivity index (χ4v) is 3.67.